The minimum absolute atomic E-state index is 0.0137. The third-order valence-corrected chi connectivity index (χ3v) is 4.38. The van der Waals surface area contributed by atoms with Crippen molar-refractivity contribution >= 4 is 28.1 Å². The van der Waals surface area contributed by atoms with E-state index >= 15 is 0 Å². The average Bonchev–Trinajstić information content (AvgIpc) is 2.46. The molecule has 0 aliphatic heterocycles. The molecule has 2 rings (SSSR count). The molecule has 0 fully saturated rings. The second-order valence-electron chi connectivity index (χ2n) is 6.37. The summed E-state index contributed by atoms with van der Waals surface area (Å²) in [5, 5.41) is 6.07. The van der Waals surface area contributed by atoms with E-state index in [1.165, 1.54) is 6.92 Å². The highest BCUT2D eigenvalue weighted by Gasteiger charge is 2.11. The van der Waals surface area contributed by atoms with Gasteiger partial charge in [0.05, 0.1) is 10.8 Å². The predicted octanol–water partition coefficient (Wildman–Crippen LogP) is 4.02. The zero-order valence-corrected chi connectivity index (χ0v) is 14.7. The Morgan fingerprint density at radius 2 is 1.30 bits per heavy atom. The monoisotopic (exact) mass is 330 g/mol. The van der Waals surface area contributed by atoms with Crippen LogP contribution >= 0.6 is 0 Å². The first-order valence-corrected chi connectivity index (χ1v) is 8.57. The number of carbonyl (C=O) groups is 1. The van der Waals surface area contributed by atoms with Gasteiger partial charge in [0.1, 0.15) is 0 Å². The molecule has 122 valence electrons. The summed E-state index contributed by atoms with van der Waals surface area (Å²) < 4.78 is 12.6. The number of hydrogen-bond acceptors (Lipinski definition) is 3. The molecule has 1 amide bonds. The largest absolute Gasteiger partial charge is 0.380 e. The second-order valence-corrected chi connectivity index (χ2v) is 7.85. The first-order valence-electron chi connectivity index (χ1n) is 7.42. The topological polar surface area (TPSA) is 58.2 Å². The van der Waals surface area contributed by atoms with Crippen LogP contribution in [0.15, 0.2) is 58.3 Å². The fourth-order valence-corrected chi connectivity index (χ4v) is 3.13. The van der Waals surface area contributed by atoms with E-state index in [0.29, 0.717) is 10.6 Å². The van der Waals surface area contributed by atoms with Crippen molar-refractivity contribution in [2.75, 3.05) is 10.6 Å². The maximum atomic E-state index is 12.6. The van der Waals surface area contributed by atoms with Crippen LogP contribution in [0.1, 0.15) is 27.7 Å². The lowest BCUT2D eigenvalue weighted by Crippen LogP contribution is -2.25. The molecule has 0 heterocycles. The van der Waals surface area contributed by atoms with Crippen LogP contribution in [0.3, 0.4) is 0 Å². The molecule has 1 atom stereocenters. The van der Waals surface area contributed by atoms with Crippen LogP contribution in [0, 0.1) is 0 Å². The van der Waals surface area contributed by atoms with Crippen LogP contribution in [0.25, 0.3) is 0 Å². The van der Waals surface area contributed by atoms with Crippen molar-refractivity contribution in [2.45, 2.75) is 43.0 Å². The average molecular weight is 330 g/mol. The first-order chi connectivity index (χ1) is 10.7. The van der Waals surface area contributed by atoms with Gasteiger partial charge >= 0.3 is 0 Å². The molecule has 0 aliphatic carbocycles. The van der Waals surface area contributed by atoms with Gasteiger partial charge in [-0.25, -0.2) is 4.21 Å². The highest BCUT2D eigenvalue weighted by atomic mass is 32.2. The van der Waals surface area contributed by atoms with Gasteiger partial charge in [-0.1, -0.05) is 0 Å². The Bertz CT molecular complexity index is 701. The van der Waals surface area contributed by atoms with Crippen LogP contribution in [0.4, 0.5) is 11.4 Å². The van der Waals surface area contributed by atoms with Crippen molar-refractivity contribution < 1.29 is 9.00 Å². The van der Waals surface area contributed by atoms with Crippen molar-refractivity contribution in [1.29, 1.82) is 0 Å². The Labute approximate surface area is 139 Å². The van der Waals surface area contributed by atoms with Gasteiger partial charge < -0.3 is 10.6 Å². The van der Waals surface area contributed by atoms with Gasteiger partial charge in [0.25, 0.3) is 0 Å². The van der Waals surface area contributed by atoms with E-state index in [2.05, 4.69) is 31.4 Å². The summed E-state index contributed by atoms with van der Waals surface area (Å²) in [6.07, 6.45) is 0. The third-order valence-electron chi connectivity index (χ3n) is 2.98. The summed E-state index contributed by atoms with van der Waals surface area (Å²) in [6, 6.07) is 14.6. The molecule has 2 aromatic rings. The molecule has 2 aromatic carbocycles. The minimum Gasteiger partial charge on any atom is -0.380 e. The molecule has 0 radical (unpaired) electrons. The van der Waals surface area contributed by atoms with Crippen LogP contribution in [-0.4, -0.2) is 15.7 Å². The summed E-state index contributed by atoms with van der Waals surface area (Å²) in [7, 11) is -1.24. The normalized spacial score (nSPS) is 12.5. The lowest BCUT2D eigenvalue weighted by atomic mass is 10.1. The summed E-state index contributed by atoms with van der Waals surface area (Å²) in [5.74, 6) is -0.124. The lowest BCUT2D eigenvalue weighted by Gasteiger charge is -2.22. The summed E-state index contributed by atoms with van der Waals surface area (Å²) in [4.78, 5) is 12.5. The number of anilines is 2. The predicted molar refractivity (Wildman–Crippen MR) is 95.2 cm³/mol. The molecule has 0 spiro atoms. The standard InChI is InChI=1S/C18H22N2O2S/c1-13(21)19-14-5-9-16(10-6-14)23(22)17-11-7-15(8-12-17)20-18(2,3)4/h5-12,20H,1-4H3,(H,19,21). The highest BCUT2D eigenvalue weighted by molar-refractivity contribution is 7.85. The van der Waals surface area contributed by atoms with Crippen molar-refractivity contribution in [1.82, 2.24) is 0 Å². The van der Waals surface area contributed by atoms with E-state index in [4.69, 9.17) is 0 Å². The van der Waals surface area contributed by atoms with Crippen LogP contribution < -0.4 is 10.6 Å². The Hall–Kier alpha value is -2.14. The first kappa shape index (κ1) is 17.2. The quantitative estimate of drug-likeness (QED) is 0.890. The van der Waals surface area contributed by atoms with E-state index in [0.717, 1.165) is 10.6 Å². The third kappa shape index (κ3) is 5.21. The molecule has 4 nitrogen and oxygen atoms in total. The summed E-state index contributed by atoms with van der Waals surface area (Å²) >= 11 is 0. The summed E-state index contributed by atoms with van der Waals surface area (Å²) in [5.41, 5.74) is 1.68. The van der Waals surface area contributed by atoms with Gasteiger partial charge in [0.2, 0.25) is 5.91 Å². The van der Waals surface area contributed by atoms with E-state index in [1.807, 2.05) is 24.3 Å². The number of nitrogens with one attached hydrogen (secondary N) is 2. The molecule has 5 heteroatoms. The second kappa shape index (κ2) is 6.96. The Morgan fingerprint density at radius 3 is 1.70 bits per heavy atom. The zero-order chi connectivity index (χ0) is 17.0. The lowest BCUT2D eigenvalue weighted by molar-refractivity contribution is -0.114. The maximum absolute atomic E-state index is 12.6. The molecule has 2 N–H and O–H groups in total. The Balaban J connectivity index is 2.12. The minimum atomic E-state index is -1.24. The molecule has 23 heavy (non-hydrogen) atoms. The fourth-order valence-electron chi connectivity index (χ4n) is 2.10. The van der Waals surface area contributed by atoms with Gasteiger partial charge in [-0.3, -0.25) is 4.79 Å². The van der Waals surface area contributed by atoms with Crippen molar-refractivity contribution in [3.05, 3.63) is 48.5 Å². The van der Waals surface area contributed by atoms with Gasteiger partial charge in [0, 0.05) is 33.6 Å². The molecule has 0 saturated carbocycles. The van der Waals surface area contributed by atoms with Gasteiger partial charge in [0.15, 0.2) is 0 Å². The van der Waals surface area contributed by atoms with E-state index in [9.17, 15) is 9.00 Å². The number of hydrogen-bond donors (Lipinski definition) is 2. The molecule has 1 unspecified atom stereocenters. The van der Waals surface area contributed by atoms with E-state index in [1.54, 1.807) is 24.3 Å². The number of benzene rings is 2. The van der Waals surface area contributed by atoms with Crippen molar-refractivity contribution in [3.8, 4) is 0 Å². The molecular weight excluding hydrogens is 308 g/mol. The molecule has 0 aliphatic rings. The Morgan fingerprint density at radius 1 is 0.870 bits per heavy atom. The van der Waals surface area contributed by atoms with Crippen LogP contribution in [0.5, 0.6) is 0 Å². The zero-order valence-electron chi connectivity index (χ0n) is 13.8. The van der Waals surface area contributed by atoms with Crippen LogP contribution in [-0.2, 0) is 15.6 Å². The van der Waals surface area contributed by atoms with Gasteiger partial charge in [-0.05, 0) is 69.3 Å². The molecule has 0 saturated heterocycles. The number of amides is 1. The summed E-state index contributed by atoms with van der Waals surface area (Å²) in [6.45, 7) is 7.74. The van der Waals surface area contributed by atoms with Gasteiger partial charge in [-0.15, -0.1) is 0 Å². The van der Waals surface area contributed by atoms with Crippen LogP contribution in [0.2, 0.25) is 0 Å². The van der Waals surface area contributed by atoms with Crippen molar-refractivity contribution in [2.24, 2.45) is 0 Å². The van der Waals surface area contributed by atoms with E-state index < -0.39 is 10.8 Å². The van der Waals surface area contributed by atoms with Crippen molar-refractivity contribution in [3.63, 3.8) is 0 Å². The number of carbonyl (C=O) groups excluding carboxylic acids is 1. The fraction of sp³-hybridized carbons (Fsp3) is 0.278. The number of rotatable bonds is 4. The SMILES string of the molecule is CC(=O)Nc1ccc(S(=O)c2ccc(NC(C)(C)C)cc2)cc1. The molecule has 0 bridgehead atoms. The highest BCUT2D eigenvalue weighted by Crippen LogP contribution is 2.21. The van der Waals surface area contributed by atoms with Gasteiger partial charge in [-0.2, -0.15) is 0 Å². The molecular formula is C18H22N2O2S. The Kier molecular flexibility index (Phi) is 5.21. The van der Waals surface area contributed by atoms with E-state index in [-0.39, 0.29) is 11.4 Å². The maximum Gasteiger partial charge on any atom is 0.221 e. The smallest absolute Gasteiger partial charge is 0.221 e. The molecule has 0 aromatic heterocycles.